The Balaban J connectivity index is 1.87. The van der Waals surface area contributed by atoms with Crippen molar-refractivity contribution in [1.29, 1.82) is 0 Å². The van der Waals surface area contributed by atoms with Crippen LogP contribution in [0.5, 0.6) is 0 Å². The van der Waals surface area contributed by atoms with Gasteiger partial charge in [0.05, 0.1) is 6.04 Å². The summed E-state index contributed by atoms with van der Waals surface area (Å²) in [5.41, 5.74) is 2.26. The van der Waals surface area contributed by atoms with Crippen molar-refractivity contribution < 1.29 is 14.5 Å². The van der Waals surface area contributed by atoms with Crippen molar-refractivity contribution in [3.8, 4) is 0 Å². The maximum atomic E-state index is 12.7. The number of hydrogen-bond donors (Lipinski definition) is 2. The van der Waals surface area contributed by atoms with E-state index >= 15 is 0 Å². The van der Waals surface area contributed by atoms with Crippen molar-refractivity contribution in [2.45, 2.75) is 50.8 Å². The Kier molecular flexibility index (Phi) is 4.53. The van der Waals surface area contributed by atoms with Crippen LogP contribution >= 0.6 is 0 Å². The van der Waals surface area contributed by atoms with E-state index in [-0.39, 0.29) is 16.2 Å². The molecule has 2 aliphatic rings. The fourth-order valence-corrected chi connectivity index (χ4v) is 4.69. The molecular weight excluding hydrogens is 326 g/mol. The van der Waals surface area contributed by atoms with Crippen LogP contribution in [0.3, 0.4) is 0 Å². The third kappa shape index (κ3) is 3.12. The lowest BCUT2D eigenvalue weighted by Crippen LogP contribution is -2.50. The number of piperidine rings is 1. The van der Waals surface area contributed by atoms with Crippen molar-refractivity contribution in [3.63, 3.8) is 0 Å². The SMILES string of the molecule is CC(C)(C)[S@@+]([O-])N[C@H]1c2cnccc2CC12CCN(C(=O)O)CC2. The van der Waals surface area contributed by atoms with Crippen LogP contribution in [0, 0.1) is 5.41 Å². The molecule has 0 aromatic carbocycles. The predicted molar refractivity (Wildman–Crippen MR) is 93.0 cm³/mol. The average molecular weight is 351 g/mol. The molecule has 7 heteroatoms. The quantitative estimate of drug-likeness (QED) is 0.799. The molecule has 1 aromatic rings. The number of carboxylic acid groups (broad SMARTS) is 1. The molecule has 1 saturated heterocycles. The van der Waals surface area contributed by atoms with Crippen molar-refractivity contribution in [2.24, 2.45) is 5.41 Å². The first-order valence-corrected chi connectivity index (χ1v) is 9.47. The largest absolute Gasteiger partial charge is 0.598 e. The molecule has 1 aliphatic carbocycles. The Morgan fingerprint density at radius 3 is 2.71 bits per heavy atom. The highest BCUT2D eigenvalue weighted by Gasteiger charge is 2.51. The molecule has 2 N–H and O–H groups in total. The Bertz CT molecular complexity index is 624. The number of pyridine rings is 1. The second-order valence-electron chi connectivity index (χ2n) is 7.82. The van der Waals surface area contributed by atoms with E-state index in [1.807, 2.05) is 33.0 Å². The molecule has 2 heterocycles. The van der Waals surface area contributed by atoms with Gasteiger partial charge in [-0.3, -0.25) is 4.98 Å². The summed E-state index contributed by atoms with van der Waals surface area (Å²) in [5, 5.41) is 9.21. The van der Waals surface area contributed by atoms with Gasteiger partial charge in [-0.15, -0.1) is 4.72 Å². The van der Waals surface area contributed by atoms with E-state index in [1.54, 1.807) is 6.20 Å². The molecule has 24 heavy (non-hydrogen) atoms. The predicted octanol–water partition coefficient (Wildman–Crippen LogP) is 2.49. The lowest BCUT2D eigenvalue weighted by atomic mass is 9.73. The lowest BCUT2D eigenvalue weighted by Gasteiger charge is -2.43. The summed E-state index contributed by atoms with van der Waals surface area (Å²) >= 11 is -1.19. The molecular formula is C17H25N3O3S. The monoisotopic (exact) mass is 351 g/mol. The van der Waals surface area contributed by atoms with E-state index in [0.29, 0.717) is 13.1 Å². The number of carbonyl (C=O) groups is 1. The Labute approximate surface area is 146 Å². The number of aromatic nitrogens is 1. The number of nitrogens with one attached hydrogen (secondary N) is 1. The van der Waals surface area contributed by atoms with Gasteiger partial charge in [-0.2, -0.15) is 0 Å². The van der Waals surface area contributed by atoms with Gasteiger partial charge in [0.2, 0.25) is 0 Å². The van der Waals surface area contributed by atoms with Gasteiger partial charge in [0.25, 0.3) is 0 Å². The van der Waals surface area contributed by atoms with E-state index in [2.05, 4.69) is 9.71 Å². The molecule has 3 rings (SSSR count). The summed E-state index contributed by atoms with van der Waals surface area (Å²) in [5.74, 6) is 0. The van der Waals surface area contributed by atoms with Gasteiger partial charge in [0.15, 0.2) is 0 Å². The van der Waals surface area contributed by atoms with Gasteiger partial charge in [0.1, 0.15) is 4.75 Å². The van der Waals surface area contributed by atoms with E-state index < -0.39 is 17.5 Å². The van der Waals surface area contributed by atoms with Gasteiger partial charge >= 0.3 is 6.09 Å². The maximum absolute atomic E-state index is 12.7. The van der Waals surface area contributed by atoms with Crippen molar-refractivity contribution in [3.05, 3.63) is 29.6 Å². The van der Waals surface area contributed by atoms with Crippen LogP contribution in [0.2, 0.25) is 0 Å². The number of fused-ring (bicyclic) bond motifs is 1. The third-order valence-electron chi connectivity index (χ3n) is 5.22. The highest BCUT2D eigenvalue weighted by Crippen LogP contribution is 2.52. The summed E-state index contributed by atoms with van der Waals surface area (Å²) in [6.45, 7) is 6.91. The summed E-state index contributed by atoms with van der Waals surface area (Å²) < 4.78 is 15.7. The molecule has 0 unspecified atom stereocenters. The summed E-state index contributed by atoms with van der Waals surface area (Å²) in [7, 11) is 0. The van der Waals surface area contributed by atoms with E-state index in [4.69, 9.17) is 0 Å². The highest BCUT2D eigenvalue weighted by molar-refractivity contribution is 7.90. The second kappa shape index (κ2) is 6.20. The van der Waals surface area contributed by atoms with Gasteiger partial charge in [-0.25, -0.2) is 4.79 Å². The molecule has 2 atom stereocenters. The molecule has 132 valence electrons. The Morgan fingerprint density at radius 1 is 1.46 bits per heavy atom. The number of hydrogen-bond acceptors (Lipinski definition) is 4. The fraction of sp³-hybridized carbons (Fsp3) is 0.647. The zero-order chi connectivity index (χ0) is 17.5. The van der Waals surface area contributed by atoms with Gasteiger partial charge in [0, 0.05) is 42.3 Å². The normalized spacial score (nSPS) is 24.0. The fourth-order valence-electron chi connectivity index (χ4n) is 3.75. The smallest absolute Gasteiger partial charge is 0.407 e. The van der Waals surface area contributed by atoms with E-state index in [0.717, 1.165) is 24.8 Å². The molecule has 0 radical (unpaired) electrons. The van der Waals surface area contributed by atoms with Crippen LogP contribution in [0.4, 0.5) is 4.79 Å². The first kappa shape index (κ1) is 17.5. The molecule has 1 fully saturated rings. The topological polar surface area (TPSA) is 88.5 Å². The minimum absolute atomic E-state index is 0.0443. The molecule has 1 spiro atoms. The molecule has 1 aliphatic heterocycles. The first-order chi connectivity index (χ1) is 11.2. The van der Waals surface area contributed by atoms with E-state index in [1.165, 1.54) is 10.5 Å². The molecule has 1 aromatic heterocycles. The lowest BCUT2D eigenvalue weighted by molar-refractivity contribution is 0.0764. The second-order valence-corrected chi connectivity index (χ2v) is 9.81. The maximum Gasteiger partial charge on any atom is 0.407 e. The highest BCUT2D eigenvalue weighted by atomic mass is 32.2. The van der Waals surface area contributed by atoms with Crippen LogP contribution in [0.25, 0.3) is 0 Å². The van der Waals surface area contributed by atoms with Gasteiger partial charge < -0.3 is 14.6 Å². The number of likely N-dealkylation sites (tertiary alicyclic amines) is 1. The number of amides is 1. The average Bonchev–Trinajstić information content (AvgIpc) is 2.80. The minimum atomic E-state index is -1.19. The van der Waals surface area contributed by atoms with Crippen LogP contribution in [-0.2, 0) is 17.8 Å². The molecule has 1 amide bonds. The Hall–Kier alpha value is -1.31. The van der Waals surface area contributed by atoms with Crippen LogP contribution in [-0.4, -0.2) is 43.5 Å². The molecule has 6 nitrogen and oxygen atoms in total. The summed E-state index contributed by atoms with van der Waals surface area (Å²) in [4.78, 5) is 16.9. The zero-order valence-electron chi connectivity index (χ0n) is 14.4. The van der Waals surface area contributed by atoms with Gasteiger partial charge in [-0.1, -0.05) is 0 Å². The summed E-state index contributed by atoms with van der Waals surface area (Å²) in [6.07, 6.45) is 5.23. The standard InChI is InChI=1S/C17H25N3O3S/c1-16(2,3)24(23)19-14-13-11-18-7-4-12(13)10-17(14)5-8-20(9-6-17)15(21)22/h4,7,11,14,19H,5-6,8-10H2,1-3H3,(H,21,22)/t14-,24+/m0/s1. The first-order valence-electron chi connectivity index (χ1n) is 8.32. The zero-order valence-corrected chi connectivity index (χ0v) is 15.2. The van der Waals surface area contributed by atoms with Gasteiger partial charge in [-0.05, 0) is 57.2 Å². The van der Waals surface area contributed by atoms with Crippen LogP contribution in [0.15, 0.2) is 18.5 Å². The summed E-state index contributed by atoms with van der Waals surface area (Å²) in [6, 6.07) is 1.99. The number of rotatable bonds is 2. The van der Waals surface area contributed by atoms with Crippen molar-refractivity contribution >= 4 is 17.5 Å². The van der Waals surface area contributed by atoms with Crippen molar-refractivity contribution in [1.82, 2.24) is 14.6 Å². The van der Waals surface area contributed by atoms with Crippen LogP contribution < -0.4 is 4.72 Å². The third-order valence-corrected chi connectivity index (χ3v) is 6.79. The van der Waals surface area contributed by atoms with Crippen LogP contribution in [0.1, 0.15) is 50.8 Å². The minimum Gasteiger partial charge on any atom is -0.598 e. The Morgan fingerprint density at radius 2 is 2.12 bits per heavy atom. The van der Waals surface area contributed by atoms with Crippen molar-refractivity contribution in [2.75, 3.05) is 13.1 Å². The molecule has 0 bridgehead atoms. The molecule has 0 saturated carbocycles. The number of nitrogens with zero attached hydrogens (tertiary/aromatic N) is 2. The van der Waals surface area contributed by atoms with E-state index in [9.17, 15) is 14.5 Å².